The van der Waals surface area contributed by atoms with Crippen LogP contribution in [0.2, 0.25) is 0 Å². The van der Waals surface area contributed by atoms with Crippen molar-refractivity contribution in [1.29, 1.82) is 0 Å². The number of nitrogens with zero attached hydrogens (tertiary/aromatic N) is 1. The van der Waals surface area contributed by atoms with Crippen LogP contribution in [0.1, 0.15) is 44.7 Å². The Balaban J connectivity index is 1.84. The first-order valence-electron chi connectivity index (χ1n) is 10.5. The number of benzene rings is 1. The van der Waals surface area contributed by atoms with Gasteiger partial charge in [-0.05, 0) is 62.0 Å². The minimum absolute atomic E-state index is 0.352. The Morgan fingerprint density at radius 3 is 1.96 bits per heavy atom. The standard InChI is InChI=1S/C22H40N4/c1-22(2,3)18-20-6-8-21(9-7-20)19-26-16-5-12-24-14-13-23-10-4-11-25-15-17-26/h6-9,23-25H,4-5,10-19H2,1-3H3. The normalized spacial score (nSPS) is 19.8. The third kappa shape index (κ3) is 9.67. The summed E-state index contributed by atoms with van der Waals surface area (Å²) in [6.07, 6.45) is 3.55. The van der Waals surface area contributed by atoms with Crippen molar-refractivity contribution < 1.29 is 0 Å². The van der Waals surface area contributed by atoms with Gasteiger partial charge in [-0.15, -0.1) is 0 Å². The molecule has 0 radical (unpaired) electrons. The van der Waals surface area contributed by atoms with Crippen molar-refractivity contribution in [3.05, 3.63) is 35.4 Å². The summed E-state index contributed by atoms with van der Waals surface area (Å²) in [5.74, 6) is 0. The third-order valence-corrected chi connectivity index (χ3v) is 4.78. The van der Waals surface area contributed by atoms with Crippen LogP contribution in [0.25, 0.3) is 0 Å². The second-order valence-electron chi connectivity index (χ2n) is 8.79. The van der Waals surface area contributed by atoms with Gasteiger partial charge >= 0.3 is 0 Å². The molecule has 4 heteroatoms. The van der Waals surface area contributed by atoms with E-state index >= 15 is 0 Å². The molecule has 26 heavy (non-hydrogen) atoms. The van der Waals surface area contributed by atoms with Crippen LogP contribution in [0, 0.1) is 5.41 Å². The molecule has 2 rings (SSSR count). The number of hydrogen-bond acceptors (Lipinski definition) is 4. The second-order valence-corrected chi connectivity index (χ2v) is 8.79. The van der Waals surface area contributed by atoms with E-state index in [4.69, 9.17) is 0 Å². The summed E-state index contributed by atoms with van der Waals surface area (Å²) in [4.78, 5) is 2.59. The topological polar surface area (TPSA) is 39.3 Å². The molecule has 1 saturated heterocycles. The van der Waals surface area contributed by atoms with Crippen molar-refractivity contribution in [1.82, 2.24) is 20.9 Å². The van der Waals surface area contributed by atoms with Gasteiger partial charge in [-0.2, -0.15) is 0 Å². The maximum absolute atomic E-state index is 3.59. The van der Waals surface area contributed by atoms with Crippen molar-refractivity contribution in [2.45, 2.75) is 46.6 Å². The first kappa shape index (κ1) is 21.4. The fraction of sp³-hybridized carbons (Fsp3) is 0.727. The molecule has 0 aromatic heterocycles. The average Bonchev–Trinajstić information content (AvgIpc) is 2.58. The number of hydrogen-bond donors (Lipinski definition) is 3. The summed E-state index contributed by atoms with van der Waals surface area (Å²) in [7, 11) is 0. The molecule has 1 aliphatic heterocycles. The molecule has 0 atom stereocenters. The highest BCUT2D eigenvalue weighted by molar-refractivity contribution is 5.23. The molecule has 1 aromatic carbocycles. The SMILES string of the molecule is CC(C)(C)Cc1ccc(CN2CCCNCCNCCCNCC2)cc1. The molecule has 0 aliphatic carbocycles. The van der Waals surface area contributed by atoms with Gasteiger partial charge in [0.2, 0.25) is 0 Å². The average molecular weight is 361 g/mol. The largest absolute Gasteiger partial charge is 0.315 e. The molecule has 3 N–H and O–H groups in total. The van der Waals surface area contributed by atoms with E-state index in [0.717, 1.165) is 65.3 Å². The smallest absolute Gasteiger partial charge is 0.0234 e. The van der Waals surface area contributed by atoms with Crippen molar-refractivity contribution >= 4 is 0 Å². The third-order valence-electron chi connectivity index (χ3n) is 4.78. The second kappa shape index (κ2) is 11.7. The maximum Gasteiger partial charge on any atom is 0.0234 e. The van der Waals surface area contributed by atoms with Crippen molar-refractivity contribution in [2.24, 2.45) is 5.41 Å². The van der Waals surface area contributed by atoms with E-state index in [2.05, 4.69) is 65.9 Å². The molecule has 0 saturated carbocycles. The predicted octanol–water partition coefficient (Wildman–Crippen LogP) is 2.64. The molecule has 4 nitrogen and oxygen atoms in total. The molecule has 148 valence electrons. The van der Waals surface area contributed by atoms with Gasteiger partial charge in [0.05, 0.1) is 0 Å². The highest BCUT2D eigenvalue weighted by atomic mass is 15.1. The van der Waals surface area contributed by atoms with E-state index in [0.29, 0.717) is 5.41 Å². The van der Waals surface area contributed by atoms with Crippen LogP contribution in [-0.2, 0) is 13.0 Å². The Hall–Kier alpha value is -0.940. The first-order valence-corrected chi connectivity index (χ1v) is 10.5. The molecule has 1 aromatic rings. The molecule has 1 heterocycles. The van der Waals surface area contributed by atoms with Crippen molar-refractivity contribution in [3.8, 4) is 0 Å². The van der Waals surface area contributed by atoms with Crippen LogP contribution in [0.15, 0.2) is 24.3 Å². The van der Waals surface area contributed by atoms with Crippen LogP contribution in [-0.4, -0.2) is 57.3 Å². The minimum Gasteiger partial charge on any atom is -0.315 e. The zero-order chi connectivity index (χ0) is 18.7. The molecule has 0 unspecified atom stereocenters. The summed E-state index contributed by atoms with van der Waals surface area (Å²) in [5, 5.41) is 10.6. The van der Waals surface area contributed by atoms with E-state index in [1.54, 1.807) is 0 Å². The molecular formula is C22H40N4. The van der Waals surface area contributed by atoms with Crippen LogP contribution in [0.3, 0.4) is 0 Å². The molecule has 0 amide bonds. The lowest BCUT2D eigenvalue weighted by atomic mass is 9.88. The summed E-state index contributed by atoms with van der Waals surface area (Å²) < 4.78 is 0. The summed E-state index contributed by atoms with van der Waals surface area (Å²) >= 11 is 0. The fourth-order valence-corrected chi connectivity index (χ4v) is 3.46. The summed E-state index contributed by atoms with van der Waals surface area (Å²) in [6.45, 7) is 16.8. The molecular weight excluding hydrogens is 320 g/mol. The lowest BCUT2D eigenvalue weighted by molar-refractivity contribution is 0.260. The quantitative estimate of drug-likeness (QED) is 0.775. The van der Waals surface area contributed by atoms with E-state index in [1.165, 1.54) is 24.0 Å². The highest BCUT2D eigenvalue weighted by Gasteiger charge is 2.11. The zero-order valence-corrected chi connectivity index (χ0v) is 17.2. The van der Waals surface area contributed by atoms with E-state index in [1.807, 2.05) is 0 Å². The van der Waals surface area contributed by atoms with Crippen molar-refractivity contribution in [2.75, 3.05) is 52.4 Å². The van der Waals surface area contributed by atoms with Gasteiger partial charge in [0.25, 0.3) is 0 Å². The Kier molecular flexibility index (Phi) is 9.62. The minimum atomic E-state index is 0.352. The predicted molar refractivity (Wildman–Crippen MR) is 113 cm³/mol. The number of nitrogens with one attached hydrogen (secondary N) is 3. The van der Waals surface area contributed by atoms with Gasteiger partial charge in [-0.3, -0.25) is 4.90 Å². The van der Waals surface area contributed by atoms with Gasteiger partial charge < -0.3 is 16.0 Å². The monoisotopic (exact) mass is 360 g/mol. The van der Waals surface area contributed by atoms with Gasteiger partial charge in [0, 0.05) is 32.7 Å². The Bertz CT molecular complexity index is 464. The first-order chi connectivity index (χ1) is 12.5. The maximum atomic E-state index is 3.59. The Labute approximate surface area is 161 Å². The van der Waals surface area contributed by atoms with Crippen molar-refractivity contribution in [3.63, 3.8) is 0 Å². The van der Waals surface area contributed by atoms with E-state index in [9.17, 15) is 0 Å². The van der Waals surface area contributed by atoms with E-state index in [-0.39, 0.29) is 0 Å². The molecule has 1 aliphatic rings. The van der Waals surface area contributed by atoms with Crippen LogP contribution < -0.4 is 16.0 Å². The lowest BCUT2D eigenvalue weighted by Gasteiger charge is -2.24. The fourth-order valence-electron chi connectivity index (χ4n) is 3.46. The molecule has 0 bridgehead atoms. The molecule has 1 fully saturated rings. The number of rotatable bonds is 3. The Morgan fingerprint density at radius 2 is 1.31 bits per heavy atom. The molecule has 0 spiro atoms. The lowest BCUT2D eigenvalue weighted by Crippen LogP contribution is -2.36. The van der Waals surface area contributed by atoms with E-state index < -0.39 is 0 Å². The zero-order valence-electron chi connectivity index (χ0n) is 17.2. The van der Waals surface area contributed by atoms with Gasteiger partial charge in [-0.1, -0.05) is 45.0 Å². The van der Waals surface area contributed by atoms with Gasteiger partial charge in [0.15, 0.2) is 0 Å². The van der Waals surface area contributed by atoms with Crippen LogP contribution in [0.5, 0.6) is 0 Å². The van der Waals surface area contributed by atoms with Crippen LogP contribution in [0.4, 0.5) is 0 Å². The van der Waals surface area contributed by atoms with Gasteiger partial charge in [0.1, 0.15) is 0 Å². The van der Waals surface area contributed by atoms with Gasteiger partial charge in [-0.25, -0.2) is 0 Å². The summed E-state index contributed by atoms with van der Waals surface area (Å²) in [5.41, 5.74) is 3.23. The highest BCUT2D eigenvalue weighted by Crippen LogP contribution is 2.21. The summed E-state index contributed by atoms with van der Waals surface area (Å²) in [6, 6.07) is 9.28. The van der Waals surface area contributed by atoms with Crippen LogP contribution >= 0.6 is 0 Å². The Morgan fingerprint density at radius 1 is 0.731 bits per heavy atom.